The van der Waals surface area contributed by atoms with Gasteiger partial charge in [-0.3, -0.25) is 0 Å². The van der Waals surface area contributed by atoms with Crippen LogP contribution in [0, 0.1) is 34.0 Å². The quantitative estimate of drug-likeness (QED) is 0.299. The van der Waals surface area contributed by atoms with Gasteiger partial charge in [0.15, 0.2) is 5.60 Å². The summed E-state index contributed by atoms with van der Waals surface area (Å²) in [5.74, 6) is -5.97. The van der Waals surface area contributed by atoms with E-state index in [1.54, 1.807) is 13.0 Å². The van der Waals surface area contributed by atoms with E-state index >= 15 is 0 Å². The number of hydrogen-bond donors (Lipinski definition) is 3. The zero-order chi connectivity index (χ0) is 35.3. The van der Waals surface area contributed by atoms with E-state index in [0.717, 1.165) is 5.56 Å². The van der Waals surface area contributed by atoms with Crippen LogP contribution in [0.3, 0.4) is 0 Å². The third-order valence-electron chi connectivity index (χ3n) is 14.5. The lowest BCUT2D eigenvalue weighted by Gasteiger charge is -2.66. The van der Waals surface area contributed by atoms with E-state index in [9.17, 15) is 24.9 Å². The first kappa shape index (κ1) is 33.0. The van der Waals surface area contributed by atoms with Crippen LogP contribution in [-0.4, -0.2) is 114 Å². The Hall–Kier alpha value is -2.88. The molecule has 0 aromatic heterocycles. The SMILES string of the molecule is COC(=O)[C@@]1(OC)OC[C@@]23[C@@H](OC(=O)/C=C/c4ccccc4)C[C@H](O)[C@]4(C)CO[C@@H]([C@H]5O[C@]6(C)[C@H]7C[C@H](O[C@@H]8OC=C[C@@]87O)[C@]6(O)[C@@]5(C)[C@H]12)[C@@H]43. The molecule has 3 N–H and O–H groups in total. The summed E-state index contributed by atoms with van der Waals surface area (Å²) in [6.45, 7) is 5.53. The summed E-state index contributed by atoms with van der Waals surface area (Å²) in [5.41, 5.74) is -7.83. The van der Waals surface area contributed by atoms with Crippen molar-refractivity contribution in [1.82, 2.24) is 0 Å². The van der Waals surface area contributed by atoms with Crippen molar-refractivity contribution >= 4 is 18.0 Å². The maximum absolute atomic E-state index is 14.2. The predicted molar refractivity (Wildman–Crippen MR) is 169 cm³/mol. The van der Waals surface area contributed by atoms with Gasteiger partial charge < -0.3 is 53.2 Å². The van der Waals surface area contributed by atoms with E-state index < -0.39 is 105 Å². The molecule has 5 aliphatic heterocycles. The van der Waals surface area contributed by atoms with Gasteiger partial charge in [0, 0.05) is 53.6 Å². The number of carbonyl (C=O) groups excluding carboxylic acids is 2. The first-order valence-electron chi connectivity index (χ1n) is 17.3. The molecule has 4 saturated heterocycles. The van der Waals surface area contributed by atoms with Crippen LogP contribution in [0.1, 0.15) is 39.2 Å². The lowest BCUT2D eigenvalue weighted by atomic mass is 9.37. The van der Waals surface area contributed by atoms with Crippen molar-refractivity contribution in [2.45, 2.75) is 93.0 Å². The summed E-state index contributed by atoms with van der Waals surface area (Å²) >= 11 is 0. The molecule has 270 valence electrons. The standard InChI is InChI=1S/C37H44O13/c1-31-17-46-25-26(31)34(22(16-21(31)38)48-24(39)12-11-19-9-7-6-8-10-19)18-47-36(44-5,29(40)43-4)28(34)32(2)27(25)50-33(3)20-15-23(37(32,33)42)49-30-35(20,41)13-14-45-30/h6-14,20-23,25-28,30,38,41-42H,15-18H2,1-5H3/b12-11+/t20-,21+,22+,23+,25-,26+,27-,28+,30+,31+,32-,33-,34+,35+,36+,37+/m1/s1. The van der Waals surface area contributed by atoms with E-state index in [2.05, 4.69) is 0 Å². The van der Waals surface area contributed by atoms with Crippen LogP contribution in [0.5, 0.6) is 0 Å². The number of ether oxygens (including phenoxy) is 8. The first-order valence-corrected chi connectivity index (χ1v) is 17.3. The Bertz CT molecular complexity index is 1680. The van der Waals surface area contributed by atoms with Crippen LogP contribution in [0.15, 0.2) is 48.7 Å². The highest BCUT2D eigenvalue weighted by Crippen LogP contribution is 2.80. The van der Waals surface area contributed by atoms with Crippen LogP contribution in [0.4, 0.5) is 0 Å². The molecule has 1 aromatic rings. The zero-order valence-corrected chi connectivity index (χ0v) is 28.6. The minimum Gasteiger partial charge on any atom is -0.469 e. The number of rotatable bonds is 5. The molecule has 8 aliphatic rings. The minimum absolute atomic E-state index is 0.00907. The predicted octanol–water partition coefficient (Wildman–Crippen LogP) is 1.47. The summed E-state index contributed by atoms with van der Waals surface area (Å²) < 4.78 is 50.3. The molecular weight excluding hydrogens is 652 g/mol. The average Bonchev–Trinajstić information content (AvgIpc) is 3.86. The van der Waals surface area contributed by atoms with Gasteiger partial charge in [-0.15, -0.1) is 0 Å². The molecule has 1 spiro atoms. The van der Waals surface area contributed by atoms with Crippen molar-refractivity contribution in [1.29, 1.82) is 0 Å². The third-order valence-corrected chi connectivity index (χ3v) is 14.5. The number of esters is 2. The summed E-state index contributed by atoms with van der Waals surface area (Å²) in [4.78, 5) is 27.9. The molecule has 13 nitrogen and oxygen atoms in total. The molecule has 13 heteroatoms. The number of carbonyl (C=O) groups is 2. The van der Waals surface area contributed by atoms with Gasteiger partial charge in [0.05, 0.1) is 51.0 Å². The molecule has 0 amide bonds. The van der Waals surface area contributed by atoms with Gasteiger partial charge in [-0.25, -0.2) is 9.59 Å². The van der Waals surface area contributed by atoms with Gasteiger partial charge in [0.2, 0.25) is 6.29 Å². The van der Waals surface area contributed by atoms with Gasteiger partial charge in [-0.05, 0) is 31.1 Å². The van der Waals surface area contributed by atoms with Crippen LogP contribution >= 0.6 is 0 Å². The Balaban J connectivity index is 1.25. The Morgan fingerprint density at radius 1 is 1.04 bits per heavy atom. The largest absolute Gasteiger partial charge is 0.469 e. The molecule has 3 aliphatic carbocycles. The molecule has 9 rings (SSSR count). The number of benzene rings is 1. The molecule has 3 saturated carbocycles. The van der Waals surface area contributed by atoms with E-state index in [-0.39, 0.29) is 26.1 Å². The van der Waals surface area contributed by atoms with Crippen molar-refractivity contribution in [3.05, 3.63) is 54.3 Å². The highest BCUT2D eigenvalue weighted by molar-refractivity contribution is 5.87. The van der Waals surface area contributed by atoms with Gasteiger partial charge in [-0.2, -0.15) is 0 Å². The van der Waals surface area contributed by atoms with Gasteiger partial charge >= 0.3 is 11.9 Å². The first-order chi connectivity index (χ1) is 23.7. The Kier molecular flexibility index (Phi) is 6.70. The summed E-state index contributed by atoms with van der Waals surface area (Å²) in [7, 11) is 2.58. The zero-order valence-electron chi connectivity index (χ0n) is 28.6. The number of aliphatic hydroxyl groups excluding tert-OH is 1. The molecule has 0 radical (unpaired) electrons. The summed E-state index contributed by atoms with van der Waals surface area (Å²) in [6.07, 6.45) is 0.492. The summed E-state index contributed by atoms with van der Waals surface area (Å²) in [6, 6.07) is 9.30. The van der Waals surface area contributed by atoms with Gasteiger partial charge in [-0.1, -0.05) is 44.2 Å². The number of aliphatic hydroxyl groups is 3. The molecule has 5 heterocycles. The fourth-order valence-electron chi connectivity index (χ4n) is 12.5. The molecule has 2 bridgehead atoms. The van der Waals surface area contributed by atoms with Crippen LogP contribution < -0.4 is 0 Å². The maximum atomic E-state index is 14.2. The number of hydrogen-bond acceptors (Lipinski definition) is 13. The van der Waals surface area contributed by atoms with Gasteiger partial charge in [0.25, 0.3) is 5.79 Å². The normalized spacial score (nSPS) is 54.8. The fraction of sp³-hybridized carbons (Fsp3) is 0.676. The van der Waals surface area contributed by atoms with E-state index in [1.165, 1.54) is 32.6 Å². The molecule has 0 unspecified atom stereocenters. The average molecular weight is 697 g/mol. The van der Waals surface area contributed by atoms with Gasteiger partial charge in [0.1, 0.15) is 17.3 Å². The maximum Gasteiger partial charge on any atom is 0.366 e. The second-order valence-corrected chi connectivity index (χ2v) is 16.1. The van der Waals surface area contributed by atoms with Crippen molar-refractivity contribution in [2.24, 2.45) is 34.0 Å². The fourth-order valence-corrected chi connectivity index (χ4v) is 12.5. The third kappa shape index (κ3) is 3.43. The van der Waals surface area contributed by atoms with Crippen molar-refractivity contribution in [3.8, 4) is 0 Å². The van der Waals surface area contributed by atoms with E-state index in [4.69, 9.17) is 37.9 Å². The van der Waals surface area contributed by atoms with E-state index in [1.807, 2.05) is 44.2 Å². The molecule has 50 heavy (non-hydrogen) atoms. The minimum atomic E-state index is -2.10. The smallest absolute Gasteiger partial charge is 0.366 e. The molecular formula is C37H44O13. The second-order valence-electron chi connectivity index (χ2n) is 16.1. The monoisotopic (exact) mass is 696 g/mol. The highest BCUT2D eigenvalue weighted by atomic mass is 16.7. The van der Waals surface area contributed by atoms with Crippen molar-refractivity contribution < 1.29 is 62.8 Å². The van der Waals surface area contributed by atoms with Crippen molar-refractivity contribution in [2.75, 3.05) is 27.4 Å². The molecule has 7 fully saturated rings. The second kappa shape index (κ2) is 10.2. The van der Waals surface area contributed by atoms with Crippen LogP contribution in [-0.2, 0) is 47.5 Å². The number of methoxy groups -OCH3 is 2. The van der Waals surface area contributed by atoms with Crippen LogP contribution in [0.2, 0.25) is 0 Å². The lowest BCUT2D eigenvalue weighted by molar-refractivity contribution is -0.317. The Morgan fingerprint density at radius 2 is 1.80 bits per heavy atom. The topological polar surface area (TPSA) is 169 Å². The molecule has 16 atom stereocenters. The van der Waals surface area contributed by atoms with Crippen LogP contribution in [0.25, 0.3) is 6.08 Å². The lowest BCUT2D eigenvalue weighted by Crippen LogP contribution is -2.78. The van der Waals surface area contributed by atoms with E-state index in [0.29, 0.717) is 0 Å². The Labute approximate surface area is 289 Å². The summed E-state index contributed by atoms with van der Waals surface area (Å²) in [5, 5.41) is 37.5. The number of fused-ring (bicyclic) bond motifs is 11. The highest BCUT2D eigenvalue weighted by Gasteiger charge is 2.94. The molecule has 1 aromatic carbocycles. The van der Waals surface area contributed by atoms with Crippen molar-refractivity contribution in [3.63, 3.8) is 0 Å². The Morgan fingerprint density at radius 3 is 2.52 bits per heavy atom.